The number of hydrogen-bond acceptors (Lipinski definition) is 5. The number of rotatable bonds is 9. The molecule has 38 heavy (non-hydrogen) atoms. The molecule has 0 bridgehead atoms. The van der Waals surface area contributed by atoms with Gasteiger partial charge in [-0.3, -0.25) is 4.79 Å². The van der Waals surface area contributed by atoms with E-state index < -0.39 is 40.9 Å². The number of nitrogens with one attached hydrogen (secondary N) is 1. The zero-order valence-corrected chi connectivity index (χ0v) is 20.2. The standard InChI is InChI=1S/C27H25F5N2O4/c1-14-8-16(28)4-7-23(14)38-24-11-19(15-2-3-15)21(27(30,31)32)10-20(24)26(36)34-17-5-6-22(29)25(9-17)37-13-18(35)12-33/h4-11,15,18,35H,2-3,12-13,33H2,1H3,(H,34,36). The van der Waals surface area contributed by atoms with E-state index in [0.717, 1.165) is 24.3 Å². The summed E-state index contributed by atoms with van der Waals surface area (Å²) >= 11 is 0. The van der Waals surface area contributed by atoms with Gasteiger partial charge in [0.2, 0.25) is 0 Å². The Labute approximate surface area is 215 Å². The van der Waals surface area contributed by atoms with Crippen LogP contribution in [0.15, 0.2) is 48.5 Å². The van der Waals surface area contributed by atoms with Crippen LogP contribution in [0.5, 0.6) is 17.2 Å². The molecule has 1 aliphatic rings. The van der Waals surface area contributed by atoms with Crippen molar-refractivity contribution in [2.24, 2.45) is 5.73 Å². The highest BCUT2D eigenvalue weighted by Crippen LogP contribution is 2.48. The van der Waals surface area contributed by atoms with Crippen LogP contribution < -0.4 is 20.5 Å². The van der Waals surface area contributed by atoms with Crippen LogP contribution in [0.1, 0.15) is 45.8 Å². The zero-order valence-electron chi connectivity index (χ0n) is 20.2. The van der Waals surface area contributed by atoms with E-state index in [-0.39, 0.29) is 47.6 Å². The summed E-state index contributed by atoms with van der Waals surface area (Å²) < 4.78 is 80.6. The third kappa shape index (κ3) is 6.40. The van der Waals surface area contributed by atoms with Gasteiger partial charge in [0.15, 0.2) is 11.6 Å². The quantitative estimate of drug-likeness (QED) is 0.296. The fourth-order valence-corrected chi connectivity index (χ4v) is 3.82. The Hall–Kier alpha value is -3.70. The largest absolute Gasteiger partial charge is 0.488 e. The predicted octanol–water partition coefficient (Wildman–Crippen LogP) is 5.91. The van der Waals surface area contributed by atoms with Crippen LogP contribution in [0, 0.1) is 18.6 Å². The second-order valence-corrected chi connectivity index (χ2v) is 9.02. The van der Waals surface area contributed by atoms with E-state index in [2.05, 4.69) is 5.32 Å². The lowest BCUT2D eigenvalue weighted by molar-refractivity contribution is -0.138. The Morgan fingerprint density at radius 2 is 1.82 bits per heavy atom. The summed E-state index contributed by atoms with van der Waals surface area (Å²) in [6, 6.07) is 8.91. The molecule has 1 saturated carbocycles. The van der Waals surface area contributed by atoms with E-state index in [9.17, 15) is 31.9 Å². The summed E-state index contributed by atoms with van der Waals surface area (Å²) in [5.74, 6) is -2.85. The molecule has 6 nitrogen and oxygen atoms in total. The van der Waals surface area contributed by atoms with Crippen molar-refractivity contribution in [3.8, 4) is 17.2 Å². The fraction of sp³-hybridized carbons (Fsp3) is 0.296. The van der Waals surface area contributed by atoms with Crippen molar-refractivity contribution in [1.29, 1.82) is 0 Å². The Balaban J connectivity index is 1.71. The SMILES string of the molecule is Cc1cc(F)ccc1Oc1cc(C2CC2)c(C(F)(F)F)cc1C(=O)Nc1ccc(F)c(OCC(O)CN)c1. The van der Waals surface area contributed by atoms with Gasteiger partial charge in [-0.15, -0.1) is 0 Å². The van der Waals surface area contributed by atoms with Crippen LogP contribution in [0.3, 0.4) is 0 Å². The Bertz CT molecular complexity index is 1340. The lowest BCUT2D eigenvalue weighted by Crippen LogP contribution is -2.26. The summed E-state index contributed by atoms with van der Waals surface area (Å²) in [6.07, 6.45) is -4.63. The highest BCUT2D eigenvalue weighted by molar-refractivity contribution is 6.06. The number of benzene rings is 3. The molecule has 202 valence electrons. The summed E-state index contributed by atoms with van der Waals surface area (Å²) in [5, 5.41) is 12.0. The van der Waals surface area contributed by atoms with Crippen molar-refractivity contribution in [2.75, 3.05) is 18.5 Å². The van der Waals surface area contributed by atoms with E-state index in [1.54, 1.807) is 6.92 Å². The minimum atomic E-state index is -4.72. The molecule has 4 rings (SSSR count). The van der Waals surface area contributed by atoms with Crippen LogP contribution in [0.4, 0.5) is 27.6 Å². The van der Waals surface area contributed by atoms with Gasteiger partial charge in [-0.1, -0.05) is 0 Å². The number of halogens is 5. The third-order valence-electron chi connectivity index (χ3n) is 5.97. The summed E-state index contributed by atoms with van der Waals surface area (Å²) in [7, 11) is 0. The summed E-state index contributed by atoms with van der Waals surface area (Å²) in [6.45, 7) is 1.13. The van der Waals surface area contributed by atoms with Crippen molar-refractivity contribution in [3.63, 3.8) is 0 Å². The molecule has 0 radical (unpaired) electrons. The number of carbonyl (C=O) groups excluding carboxylic acids is 1. The molecule has 0 spiro atoms. The van der Waals surface area contributed by atoms with Crippen molar-refractivity contribution >= 4 is 11.6 Å². The second-order valence-electron chi connectivity index (χ2n) is 9.02. The van der Waals surface area contributed by atoms with Gasteiger partial charge in [0.1, 0.15) is 30.0 Å². The molecule has 1 amide bonds. The number of ether oxygens (including phenoxy) is 2. The number of amides is 1. The first-order chi connectivity index (χ1) is 18.0. The molecule has 0 aliphatic heterocycles. The van der Waals surface area contributed by atoms with Gasteiger partial charge >= 0.3 is 6.18 Å². The van der Waals surface area contributed by atoms with Crippen LogP contribution in [-0.2, 0) is 6.18 Å². The van der Waals surface area contributed by atoms with Gasteiger partial charge in [-0.05, 0) is 79.3 Å². The topological polar surface area (TPSA) is 93.8 Å². The minimum absolute atomic E-state index is 0.0137. The zero-order chi connectivity index (χ0) is 27.6. The van der Waals surface area contributed by atoms with Gasteiger partial charge in [0.05, 0.1) is 11.1 Å². The van der Waals surface area contributed by atoms with Crippen molar-refractivity contribution in [3.05, 3.63) is 82.4 Å². The molecule has 1 fully saturated rings. The molecule has 11 heteroatoms. The van der Waals surface area contributed by atoms with Crippen molar-refractivity contribution in [1.82, 2.24) is 0 Å². The maximum atomic E-state index is 14.1. The van der Waals surface area contributed by atoms with Crippen LogP contribution in [0.25, 0.3) is 0 Å². The summed E-state index contributed by atoms with van der Waals surface area (Å²) in [4.78, 5) is 13.2. The number of anilines is 1. The van der Waals surface area contributed by atoms with Crippen LogP contribution in [-0.4, -0.2) is 30.3 Å². The molecular formula is C27H25F5N2O4. The molecule has 1 atom stereocenters. The van der Waals surface area contributed by atoms with Crippen molar-refractivity contribution < 1.29 is 41.3 Å². The highest BCUT2D eigenvalue weighted by atomic mass is 19.4. The van der Waals surface area contributed by atoms with E-state index in [1.165, 1.54) is 24.3 Å². The number of alkyl halides is 3. The van der Waals surface area contributed by atoms with Gasteiger partial charge < -0.3 is 25.6 Å². The van der Waals surface area contributed by atoms with Crippen LogP contribution >= 0.6 is 0 Å². The molecular weight excluding hydrogens is 511 g/mol. The molecule has 4 N–H and O–H groups in total. The first kappa shape index (κ1) is 27.3. The number of aryl methyl sites for hydroxylation is 1. The second kappa shape index (κ2) is 11.0. The first-order valence-electron chi connectivity index (χ1n) is 11.8. The number of aliphatic hydroxyl groups is 1. The maximum Gasteiger partial charge on any atom is 0.416 e. The molecule has 0 heterocycles. The monoisotopic (exact) mass is 536 g/mol. The molecule has 1 unspecified atom stereocenters. The Morgan fingerprint density at radius 1 is 1.08 bits per heavy atom. The van der Waals surface area contributed by atoms with Gasteiger partial charge in [0, 0.05) is 18.3 Å². The van der Waals surface area contributed by atoms with Gasteiger partial charge in [0.25, 0.3) is 5.91 Å². The summed E-state index contributed by atoms with van der Waals surface area (Å²) in [5.41, 5.74) is 4.35. The van der Waals surface area contributed by atoms with E-state index in [1.807, 2.05) is 0 Å². The number of carbonyl (C=O) groups is 1. The molecule has 3 aromatic carbocycles. The number of nitrogens with two attached hydrogens (primary N) is 1. The van der Waals surface area contributed by atoms with E-state index in [0.29, 0.717) is 18.4 Å². The lowest BCUT2D eigenvalue weighted by atomic mass is 9.98. The van der Waals surface area contributed by atoms with E-state index >= 15 is 0 Å². The fourth-order valence-electron chi connectivity index (χ4n) is 3.82. The smallest absolute Gasteiger partial charge is 0.416 e. The third-order valence-corrected chi connectivity index (χ3v) is 5.97. The number of aliphatic hydroxyl groups excluding tert-OH is 1. The van der Waals surface area contributed by atoms with Crippen LogP contribution in [0.2, 0.25) is 0 Å². The molecule has 0 saturated heterocycles. The number of hydrogen-bond donors (Lipinski definition) is 3. The molecule has 1 aliphatic carbocycles. The average Bonchev–Trinajstić information content (AvgIpc) is 3.70. The predicted molar refractivity (Wildman–Crippen MR) is 130 cm³/mol. The van der Waals surface area contributed by atoms with Crippen molar-refractivity contribution in [2.45, 2.75) is 38.0 Å². The highest BCUT2D eigenvalue weighted by Gasteiger charge is 2.40. The van der Waals surface area contributed by atoms with Gasteiger partial charge in [-0.25, -0.2) is 8.78 Å². The Morgan fingerprint density at radius 3 is 2.45 bits per heavy atom. The lowest BCUT2D eigenvalue weighted by Gasteiger charge is -2.19. The average molecular weight is 536 g/mol. The maximum absolute atomic E-state index is 14.1. The Kier molecular flexibility index (Phi) is 7.89. The molecule has 3 aromatic rings. The molecule has 0 aromatic heterocycles. The normalized spacial score (nSPS) is 14.2. The minimum Gasteiger partial charge on any atom is -0.488 e. The van der Waals surface area contributed by atoms with E-state index in [4.69, 9.17) is 15.2 Å². The first-order valence-corrected chi connectivity index (χ1v) is 11.8. The van der Waals surface area contributed by atoms with Gasteiger partial charge in [-0.2, -0.15) is 13.2 Å².